The fourth-order valence-electron chi connectivity index (χ4n) is 2.72. The molecule has 2 rings (SSSR count). The molecule has 0 spiro atoms. The van der Waals surface area contributed by atoms with Crippen molar-refractivity contribution >= 4 is 51.7 Å². The molecule has 2 aromatic rings. The molecule has 0 heterocycles. The molecule has 0 radical (unpaired) electrons. The van der Waals surface area contributed by atoms with Crippen LogP contribution in [-0.2, 0) is 9.59 Å². The second kappa shape index (κ2) is 12.2. The summed E-state index contributed by atoms with van der Waals surface area (Å²) in [6, 6.07) is 15.8. The zero-order valence-corrected chi connectivity index (χ0v) is 18.0. The molecule has 1 atom stereocenters. The first-order valence-electron chi connectivity index (χ1n) is 9.32. The third-order valence-corrected chi connectivity index (χ3v) is 5.46. The topological polar surface area (TPSA) is 108 Å². The van der Waals surface area contributed by atoms with Crippen molar-refractivity contribution in [3.8, 4) is 0 Å². The summed E-state index contributed by atoms with van der Waals surface area (Å²) in [4.78, 5) is 35.8. The molecule has 0 fully saturated rings. The van der Waals surface area contributed by atoms with Crippen LogP contribution in [0.5, 0.6) is 0 Å². The molecule has 0 aliphatic carbocycles. The van der Waals surface area contributed by atoms with Gasteiger partial charge >= 0.3 is 0 Å². The quantitative estimate of drug-likeness (QED) is 0.167. The number of carbonyl (C=O) groups excluding carboxylic acids is 3. The lowest BCUT2D eigenvalue weighted by atomic mass is 10.1. The predicted octanol–water partition coefficient (Wildman–Crippen LogP) is 4.14. The normalized spacial score (nSPS) is 11.4. The van der Waals surface area contributed by atoms with Gasteiger partial charge in [-0.2, -0.15) is 0 Å². The number of amides is 3. The van der Waals surface area contributed by atoms with E-state index in [0.717, 1.165) is 18.5 Å². The van der Waals surface area contributed by atoms with Gasteiger partial charge in [-0.3, -0.25) is 19.6 Å². The molecule has 29 heavy (non-hydrogen) atoms. The van der Waals surface area contributed by atoms with Gasteiger partial charge in [0.15, 0.2) is 0 Å². The van der Waals surface area contributed by atoms with Crippen LogP contribution in [-0.4, -0.2) is 26.9 Å². The van der Waals surface area contributed by atoms with Gasteiger partial charge in [-0.25, -0.2) is 5.48 Å². The Balaban J connectivity index is 1.68. The molecule has 0 aliphatic rings. The Morgan fingerprint density at radius 3 is 2.24 bits per heavy atom. The molecule has 0 aliphatic heterocycles. The summed E-state index contributed by atoms with van der Waals surface area (Å²) < 4.78 is 0.263. The summed E-state index contributed by atoms with van der Waals surface area (Å²) in [5.74, 6) is -0.899. The molecular formula is C21H24IN3O4. The van der Waals surface area contributed by atoms with Gasteiger partial charge in [0.25, 0.3) is 5.91 Å². The largest absolute Gasteiger partial charge is 0.326 e. The van der Waals surface area contributed by atoms with Crippen LogP contribution in [0.25, 0.3) is 0 Å². The number of halogens is 1. The first-order chi connectivity index (χ1) is 14.0. The van der Waals surface area contributed by atoms with Crippen LogP contribution >= 0.6 is 22.6 Å². The van der Waals surface area contributed by atoms with Gasteiger partial charge in [-0.05, 0) is 43.5 Å². The van der Waals surface area contributed by atoms with Crippen LogP contribution < -0.4 is 16.1 Å². The SMILES string of the molecule is O=C(CCCC(I)CCC(=O)Nc1ccccc1C(=O)NO)Nc1ccccc1. The average molecular weight is 509 g/mol. The van der Waals surface area contributed by atoms with E-state index in [9.17, 15) is 14.4 Å². The van der Waals surface area contributed by atoms with Gasteiger partial charge in [0.2, 0.25) is 11.8 Å². The van der Waals surface area contributed by atoms with Gasteiger partial charge < -0.3 is 10.6 Å². The predicted molar refractivity (Wildman–Crippen MR) is 120 cm³/mol. The van der Waals surface area contributed by atoms with Crippen LogP contribution in [0.15, 0.2) is 54.6 Å². The molecule has 0 saturated carbocycles. The Bertz CT molecular complexity index is 830. The monoisotopic (exact) mass is 509 g/mol. The fourth-order valence-corrected chi connectivity index (χ4v) is 3.48. The van der Waals surface area contributed by atoms with Gasteiger partial charge in [-0.15, -0.1) is 0 Å². The van der Waals surface area contributed by atoms with Gasteiger partial charge in [0.05, 0.1) is 11.3 Å². The number of hydrogen-bond donors (Lipinski definition) is 4. The van der Waals surface area contributed by atoms with Crippen molar-refractivity contribution in [1.29, 1.82) is 0 Å². The molecule has 154 valence electrons. The van der Waals surface area contributed by atoms with E-state index >= 15 is 0 Å². The maximum atomic E-state index is 12.2. The van der Waals surface area contributed by atoms with Gasteiger partial charge in [0, 0.05) is 22.5 Å². The summed E-state index contributed by atoms with van der Waals surface area (Å²) in [5.41, 5.74) is 2.90. The lowest BCUT2D eigenvalue weighted by Gasteiger charge is -2.12. The molecular weight excluding hydrogens is 485 g/mol. The van der Waals surface area contributed by atoms with Crippen LogP contribution in [0.1, 0.15) is 42.5 Å². The summed E-state index contributed by atoms with van der Waals surface area (Å²) in [7, 11) is 0. The number of anilines is 2. The van der Waals surface area contributed by atoms with E-state index < -0.39 is 5.91 Å². The van der Waals surface area contributed by atoms with E-state index in [1.54, 1.807) is 23.7 Å². The van der Waals surface area contributed by atoms with Gasteiger partial charge in [-0.1, -0.05) is 52.9 Å². The molecule has 3 amide bonds. The Kier molecular flexibility index (Phi) is 9.58. The lowest BCUT2D eigenvalue weighted by molar-refractivity contribution is -0.117. The summed E-state index contributed by atoms with van der Waals surface area (Å²) in [5, 5.41) is 14.3. The number of hydrogen-bond acceptors (Lipinski definition) is 4. The Morgan fingerprint density at radius 1 is 0.862 bits per heavy atom. The lowest BCUT2D eigenvalue weighted by Crippen LogP contribution is -2.22. The Hall–Kier alpha value is -2.46. The minimum absolute atomic E-state index is 0.0173. The smallest absolute Gasteiger partial charge is 0.276 e. The van der Waals surface area contributed by atoms with Crippen molar-refractivity contribution in [3.05, 3.63) is 60.2 Å². The highest BCUT2D eigenvalue weighted by Gasteiger charge is 2.14. The van der Waals surface area contributed by atoms with Crippen molar-refractivity contribution in [3.63, 3.8) is 0 Å². The van der Waals surface area contributed by atoms with Crippen LogP contribution in [0, 0.1) is 0 Å². The zero-order valence-electron chi connectivity index (χ0n) is 15.9. The highest BCUT2D eigenvalue weighted by atomic mass is 127. The number of alkyl halides is 1. The Morgan fingerprint density at radius 2 is 1.52 bits per heavy atom. The number of rotatable bonds is 10. The molecule has 2 aromatic carbocycles. The summed E-state index contributed by atoms with van der Waals surface area (Å²) in [6.07, 6.45) is 2.98. The van der Waals surface area contributed by atoms with Crippen LogP contribution in [0.3, 0.4) is 0 Å². The second-order valence-corrected chi connectivity index (χ2v) is 8.24. The van der Waals surface area contributed by atoms with Crippen molar-refractivity contribution in [2.45, 2.75) is 36.0 Å². The molecule has 0 bridgehead atoms. The molecule has 4 N–H and O–H groups in total. The number of para-hydroxylation sites is 2. The number of nitrogens with one attached hydrogen (secondary N) is 3. The van der Waals surface area contributed by atoms with Crippen LogP contribution in [0.2, 0.25) is 0 Å². The van der Waals surface area contributed by atoms with Crippen molar-refractivity contribution in [2.24, 2.45) is 0 Å². The number of carbonyl (C=O) groups is 3. The molecule has 8 heteroatoms. The third kappa shape index (κ3) is 8.20. The molecule has 1 unspecified atom stereocenters. The minimum Gasteiger partial charge on any atom is -0.326 e. The van der Waals surface area contributed by atoms with Crippen molar-refractivity contribution in [1.82, 2.24) is 5.48 Å². The van der Waals surface area contributed by atoms with E-state index in [0.29, 0.717) is 24.9 Å². The second-order valence-electron chi connectivity index (χ2n) is 6.48. The average Bonchev–Trinajstić information content (AvgIpc) is 2.73. The molecule has 0 aromatic heterocycles. The third-order valence-electron chi connectivity index (χ3n) is 4.21. The van der Waals surface area contributed by atoms with E-state index in [2.05, 4.69) is 33.2 Å². The standard InChI is InChI=1S/C21H24IN3O4/c22-15(7-6-12-19(26)23-16-8-2-1-3-9-16)13-14-20(27)24-18-11-5-4-10-17(18)21(28)25-29/h1-5,8-11,15,29H,6-7,12-14H2,(H,23,26)(H,24,27)(H,25,28). The van der Waals surface area contributed by atoms with E-state index in [1.165, 1.54) is 6.07 Å². The van der Waals surface area contributed by atoms with Crippen LogP contribution in [0.4, 0.5) is 11.4 Å². The zero-order chi connectivity index (χ0) is 21.1. The minimum atomic E-state index is -0.679. The first-order valence-corrected chi connectivity index (χ1v) is 10.6. The van der Waals surface area contributed by atoms with E-state index in [1.807, 2.05) is 30.3 Å². The molecule has 0 saturated heterocycles. The fraction of sp³-hybridized carbons (Fsp3) is 0.286. The maximum absolute atomic E-state index is 12.2. The van der Waals surface area contributed by atoms with Gasteiger partial charge in [0.1, 0.15) is 0 Å². The van der Waals surface area contributed by atoms with E-state index in [-0.39, 0.29) is 21.3 Å². The highest BCUT2D eigenvalue weighted by Crippen LogP contribution is 2.19. The number of hydroxylamine groups is 1. The maximum Gasteiger partial charge on any atom is 0.276 e. The number of benzene rings is 2. The Labute approximate surface area is 183 Å². The summed E-state index contributed by atoms with van der Waals surface area (Å²) in [6.45, 7) is 0. The summed E-state index contributed by atoms with van der Waals surface area (Å²) >= 11 is 2.29. The van der Waals surface area contributed by atoms with E-state index in [4.69, 9.17) is 5.21 Å². The molecule has 7 nitrogen and oxygen atoms in total. The first kappa shape index (κ1) is 22.8. The van der Waals surface area contributed by atoms with Crippen molar-refractivity contribution in [2.75, 3.05) is 10.6 Å². The highest BCUT2D eigenvalue weighted by molar-refractivity contribution is 14.1. The van der Waals surface area contributed by atoms with Crippen molar-refractivity contribution < 1.29 is 19.6 Å².